The molecule has 3 aromatic rings. The Morgan fingerprint density at radius 2 is 1.68 bits per heavy atom. The number of hydrogen-bond acceptors (Lipinski definition) is 5. The molecule has 1 heterocycles. The number of alkyl halides is 3. The van der Waals surface area contributed by atoms with Gasteiger partial charge in [-0.3, -0.25) is 4.79 Å². The third-order valence-corrected chi connectivity index (χ3v) is 7.69. The van der Waals surface area contributed by atoms with E-state index in [0.29, 0.717) is 10.9 Å². The first kappa shape index (κ1) is 30.7. The lowest BCUT2D eigenvalue weighted by atomic mass is 9.94. The molecule has 1 aliphatic carbocycles. The summed E-state index contributed by atoms with van der Waals surface area (Å²) in [4.78, 5) is 25.4. The van der Waals surface area contributed by atoms with E-state index < -0.39 is 41.3 Å². The van der Waals surface area contributed by atoms with Crippen molar-refractivity contribution in [1.29, 1.82) is 0 Å². The topological polar surface area (TPSA) is 65.7 Å². The van der Waals surface area contributed by atoms with Gasteiger partial charge in [-0.2, -0.15) is 13.2 Å². The number of fused-ring (bicyclic) bond motifs is 1. The molecule has 8 heteroatoms. The maximum atomic E-state index is 14.1. The molecule has 0 amide bonds. The summed E-state index contributed by atoms with van der Waals surface area (Å²) < 4.78 is 58.9. The van der Waals surface area contributed by atoms with E-state index in [1.54, 1.807) is 39.0 Å². The summed E-state index contributed by atoms with van der Waals surface area (Å²) in [5.74, 6) is -2.49. The van der Waals surface area contributed by atoms with Crippen LogP contribution < -0.4 is 10.4 Å². The molecule has 0 spiro atoms. The Labute approximate surface area is 239 Å². The Morgan fingerprint density at radius 1 is 0.951 bits per heavy atom. The van der Waals surface area contributed by atoms with Crippen LogP contribution in [0.3, 0.4) is 0 Å². The van der Waals surface area contributed by atoms with Crippen LogP contribution in [0.25, 0.3) is 22.1 Å². The molecule has 41 heavy (non-hydrogen) atoms. The van der Waals surface area contributed by atoms with Crippen molar-refractivity contribution in [3.63, 3.8) is 0 Å². The van der Waals surface area contributed by atoms with E-state index in [9.17, 15) is 22.8 Å². The number of halogens is 3. The molecule has 1 aromatic heterocycles. The maximum absolute atomic E-state index is 14.1. The molecule has 0 saturated heterocycles. The van der Waals surface area contributed by atoms with E-state index in [2.05, 4.69) is 19.1 Å². The van der Waals surface area contributed by atoms with Gasteiger partial charge in [-0.1, -0.05) is 44.9 Å². The fraction of sp³-hybridized carbons (Fsp3) is 0.515. The van der Waals surface area contributed by atoms with Gasteiger partial charge in [0.1, 0.15) is 29.5 Å². The standard InChI is InChI=1S/C33H39F3O5/c1-6-8-9-10-20-11-14-24(21(7-2)17-20)25-18-22-12-13-23(19-28(22)40-30(25)37)39-26-15-16-27(29(26)33(34,35)36)41-31(38)32(3,4)5/h11-14,17-19,26-27,29H,6-10,15-16H2,1-5H3. The molecule has 1 aliphatic rings. The van der Waals surface area contributed by atoms with Gasteiger partial charge in [0.05, 0.1) is 11.0 Å². The summed E-state index contributed by atoms with van der Waals surface area (Å²) in [5.41, 5.74) is 2.35. The van der Waals surface area contributed by atoms with Crippen LogP contribution in [-0.2, 0) is 22.4 Å². The van der Waals surface area contributed by atoms with E-state index in [4.69, 9.17) is 13.9 Å². The van der Waals surface area contributed by atoms with E-state index in [-0.39, 0.29) is 24.2 Å². The molecule has 5 nitrogen and oxygen atoms in total. The smallest absolute Gasteiger partial charge is 0.398 e. The monoisotopic (exact) mass is 572 g/mol. The Balaban J connectivity index is 1.57. The molecule has 0 radical (unpaired) electrons. The number of carbonyl (C=O) groups excluding carboxylic acids is 1. The van der Waals surface area contributed by atoms with Crippen LogP contribution in [0, 0.1) is 11.3 Å². The second-order valence-electron chi connectivity index (χ2n) is 11.9. The van der Waals surface area contributed by atoms with Gasteiger partial charge < -0.3 is 13.9 Å². The first-order valence-electron chi connectivity index (χ1n) is 14.5. The van der Waals surface area contributed by atoms with Crippen LogP contribution >= 0.6 is 0 Å². The zero-order valence-corrected chi connectivity index (χ0v) is 24.4. The van der Waals surface area contributed by atoms with Crippen molar-refractivity contribution in [2.24, 2.45) is 11.3 Å². The van der Waals surface area contributed by atoms with Crippen LogP contribution in [0.4, 0.5) is 13.2 Å². The van der Waals surface area contributed by atoms with Crippen LogP contribution in [0.15, 0.2) is 51.7 Å². The summed E-state index contributed by atoms with van der Waals surface area (Å²) in [7, 11) is 0. The molecule has 3 unspecified atom stereocenters. The van der Waals surface area contributed by atoms with E-state index in [0.717, 1.165) is 36.8 Å². The Bertz CT molecular complexity index is 1430. The van der Waals surface area contributed by atoms with E-state index in [1.165, 1.54) is 18.1 Å². The number of esters is 1. The third kappa shape index (κ3) is 7.14. The van der Waals surface area contributed by atoms with Gasteiger partial charge >= 0.3 is 17.8 Å². The number of benzene rings is 2. The van der Waals surface area contributed by atoms with Crippen molar-refractivity contribution in [1.82, 2.24) is 0 Å². The minimum absolute atomic E-state index is 0.0415. The molecule has 222 valence electrons. The first-order valence-corrected chi connectivity index (χ1v) is 14.5. The largest absolute Gasteiger partial charge is 0.489 e. The van der Waals surface area contributed by atoms with Crippen molar-refractivity contribution >= 4 is 16.9 Å². The highest BCUT2D eigenvalue weighted by Crippen LogP contribution is 2.43. The van der Waals surface area contributed by atoms with Crippen molar-refractivity contribution < 1.29 is 31.9 Å². The van der Waals surface area contributed by atoms with Crippen LogP contribution in [0.5, 0.6) is 5.75 Å². The van der Waals surface area contributed by atoms with Gasteiger partial charge in [0, 0.05) is 11.5 Å². The van der Waals surface area contributed by atoms with Crippen LogP contribution in [-0.4, -0.2) is 24.4 Å². The lowest BCUT2D eigenvalue weighted by molar-refractivity contribution is -0.218. The zero-order chi connectivity index (χ0) is 29.9. The fourth-order valence-corrected chi connectivity index (χ4v) is 5.39. The number of hydrogen-bond donors (Lipinski definition) is 0. The molecule has 4 rings (SSSR count). The fourth-order valence-electron chi connectivity index (χ4n) is 5.39. The molecule has 1 saturated carbocycles. The zero-order valence-electron chi connectivity index (χ0n) is 24.4. The Hall–Kier alpha value is -3.29. The molecule has 0 N–H and O–H groups in total. The Kier molecular flexibility index (Phi) is 9.19. The highest BCUT2D eigenvalue weighted by Gasteiger charge is 2.56. The predicted molar refractivity (Wildman–Crippen MR) is 153 cm³/mol. The number of carbonyl (C=O) groups is 1. The van der Waals surface area contributed by atoms with E-state index >= 15 is 0 Å². The highest BCUT2D eigenvalue weighted by atomic mass is 19.4. The van der Waals surface area contributed by atoms with Crippen LogP contribution in [0.1, 0.15) is 77.8 Å². The third-order valence-electron chi connectivity index (χ3n) is 7.69. The highest BCUT2D eigenvalue weighted by molar-refractivity contribution is 5.83. The second-order valence-corrected chi connectivity index (χ2v) is 11.9. The summed E-state index contributed by atoms with van der Waals surface area (Å²) in [6.45, 7) is 9.02. The molecule has 1 fully saturated rings. The molecule has 3 atom stereocenters. The first-order chi connectivity index (χ1) is 19.3. The number of rotatable bonds is 9. The normalized spacial score (nSPS) is 19.5. The Morgan fingerprint density at radius 3 is 2.34 bits per heavy atom. The van der Waals surface area contributed by atoms with Crippen molar-refractivity contribution in [2.75, 3.05) is 0 Å². The predicted octanol–water partition coefficient (Wildman–Crippen LogP) is 8.43. The number of unbranched alkanes of at least 4 members (excludes halogenated alkanes) is 2. The lowest BCUT2D eigenvalue weighted by Crippen LogP contribution is -2.42. The minimum Gasteiger partial charge on any atom is -0.489 e. The molecular weight excluding hydrogens is 533 g/mol. The number of ether oxygens (including phenoxy) is 2. The summed E-state index contributed by atoms with van der Waals surface area (Å²) in [6, 6.07) is 12.6. The maximum Gasteiger partial charge on any atom is 0.398 e. The van der Waals surface area contributed by atoms with E-state index in [1.807, 2.05) is 13.0 Å². The summed E-state index contributed by atoms with van der Waals surface area (Å²) in [6.07, 6.45) is -1.87. The summed E-state index contributed by atoms with van der Waals surface area (Å²) in [5, 5.41) is 0.636. The van der Waals surface area contributed by atoms with Gasteiger partial charge in [-0.05, 0) is 87.8 Å². The second kappa shape index (κ2) is 12.3. The van der Waals surface area contributed by atoms with Gasteiger partial charge in [0.2, 0.25) is 0 Å². The molecule has 0 bridgehead atoms. The van der Waals surface area contributed by atoms with Crippen LogP contribution in [0.2, 0.25) is 0 Å². The average Bonchev–Trinajstić information content (AvgIpc) is 3.30. The van der Waals surface area contributed by atoms with Gasteiger partial charge in [-0.25, -0.2) is 4.79 Å². The molecule has 0 aliphatic heterocycles. The van der Waals surface area contributed by atoms with Crippen molar-refractivity contribution in [3.8, 4) is 16.9 Å². The van der Waals surface area contributed by atoms with Crippen molar-refractivity contribution in [3.05, 3.63) is 64.0 Å². The quantitative estimate of drug-likeness (QED) is 0.146. The minimum atomic E-state index is -4.62. The van der Waals surface area contributed by atoms with Gasteiger partial charge in [0.15, 0.2) is 0 Å². The van der Waals surface area contributed by atoms with Gasteiger partial charge in [0.25, 0.3) is 0 Å². The summed E-state index contributed by atoms with van der Waals surface area (Å²) >= 11 is 0. The average molecular weight is 573 g/mol. The van der Waals surface area contributed by atoms with Gasteiger partial charge in [-0.15, -0.1) is 0 Å². The lowest BCUT2D eigenvalue weighted by Gasteiger charge is -2.29. The van der Waals surface area contributed by atoms with Crippen molar-refractivity contribution in [2.45, 2.75) is 97.9 Å². The SMILES string of the molecule is CCCCCc1ccc(-c2cc3ccc(OC4CCC(OC(=O)C(C)(C)C)C4C(F)(F)F)cc3oc2=O)c(CC)c1. The number of aryl methyl sites for hydroxylation is 2. The molecular formula is C33H39F3O5. The molecule has 2 aromatic carbocycles.